The molecule has 10 unspecified atom stereocenters. The molecule has 6 heterocycles. The third-order valence-corrected chi connectivity index (χ3v) is 8.71. The molecule has 238 valence electrons. The van der Waals surface area contributed by atoms with E-state index in [1.54, 1.807) is 18.0 Å². The Kier molecular flexibility index (Phi) is 9.55. The SMILES string of the molecule is COC1C(OPS)C(COPOC2C(CO)OC(n3cnc4c(=O)[nH]c(N)nc43)C2OC)OC1n1cnc2c(N)ncnc21. The highest BCUT2D eigenvalue weighted by molar-refractivity contribution is 8.36. The van der Waals surface area contributed by atoms with Crippen LogP contribution >= 0.6 is 29.3 Å². The van der Waals surface area contributed by atoms with Crippen LogP contribution in [0.3, 0.4) is 0 Å². The third kappa shape index (κ3) is 5.65. The predicted molar refractivity (Wildman–Crippen MR) is 160 cm³/mol. The van der Waals surface area contributed by atoms with Gasteiger partial charge in [-0.2, -0.15) is 4.98 Å². The molecule has 2 aliphatic heterocycles. The van der Waals surface area contributed by atoms with Crippen LogP contribution in [0.4, 0.5) is 11.8 Å². The lowest BCUT2D eigenvalue weighted by molar-refractivity contribution is -0.0583. The number of anilines is 2. The van der Waals surface area contributed by atoms with Crippen LogP contribution in [0.5, 0.6) is 0 Å². The van der Waals surface area contributed by atoms with E-state index in [2.05, 4.69) is 42.2 Å². The van der Waals surface area contributed by atoms with E-state index < -0.39 is 63.7 Å². The van der Waals surface area contributed by atoms with Gasteiger partial charge in [0.1, 0.15) is 48.5 Å². The first-order chi connectivity index (χ1) is 21.4. The summed E-state index contributed by atoms with van der Waals surface area (Å²) >= 11 is 4.26. The maximum Gasteiger partial charge on any atom is 0.280 e. The zero-order valence-electron chi connectivity index (χ0n) is 23.2. The largest absolute Gasteiger partial charge is 0.394 e. The number of aliphatic hydroxyl groups excluding tert-OH is 1. The zero-order chi connectivity index (χ0) is 31.0. The Bertz CT molecular complexity index is 1660. The topological polar surface area (TPSA) is 244 Å². The number of nitrogens with one attached hydrogen (secondary N) is 1. The van der Waals surface area contributed by atoms with Crippen molar-refractivity contribution in [3.63, 3.8) is 0 Å². The van der Waals surface area contributed by atoms with Crippen LogP contribution in [-0.2, 0) is 32.5 Å². The van der Waals surface area contributed by atoms with Crippen LogP contribution < -0.4 is 17.0 Å². The molecule has 0 aromatic carbocycles. The van der Waals surface area contributed by atoms with Crippen molar-refractivity contribution in [3.05, 3.63) is 29.3 Å². The summed E-state index contributed by atoms with van der Waals surface area (Å²) in [6, 6.07) is 0. The van der Waals surface area contributed by atoms with Gasteiger partial charge >= 0.3 is 0 Å². The van der Waals surface area contributed by atoms with Gasteiger partial charge in [0, 0.05) is 14.2 Å². The summed E-state index contributed by atoms with van der Waals surface area (Å²) in [6.45, 7) is -0.305. The molecule has 4 aromatic rings. The number of ether oxygens (including phenoxy) is 4. The van der Waals surface area contributed by atoms with Crippen molar-refractivity contribution in [2.75, 3.05) is 38.9 Å². The van der Waals surface area contributed by atoms with Gasteiger partial charge in [-0.1, -0.05) is 0 Å². The molecule has 0 aliphatic carbocycles. The molecule has 44 heavy (non-hydrogen) atoms. The number of nitrogens with two attached hydrogens (primary N) is 2. The lowest BCUT2D eigenvalue weighted by Crippen LogP contribution is -2.36. The fraction of sp³-hybridized carbons (Fsp3) is 0.545. The number of fused-ring (bicyclic) bond motifs is 2. The molecular formula is C22H30N10O9P2S. The minimum Gasteiger partial charge on any atom is -0.394 e. The summed E-state index contributed by atoms with van der Waals surface area (Å²) in [5.74, 6) is 0.164. The van der Waals surface area contributed by atoms with Gasteiger partial charge in [-0.15, -0.1) is 12.2 Å². The van der Waals surface area contributed by atoms with E-state index in [0.29, 0.717) is 11.2 Å². The first kappa shape index (κ1) is 31.4. The van der Waals surface area contributed by atoms with E-state index in [-0.39, 0.29) is 44.2 Å². The smallest absolute Gasteiger partial charge is 0.280 e. The number of aromatic amines is 1. The third-order valence-electron chi connectivity index (χ3n) is 7.36. The van der Waals surface area contributed by atoms with Gasteiger partial charge in [-0.25, -0.2) is 19.9 Å². The first-order valence-corrected chi connectivity index (χ1v) is 16.1. The Morgan fingerprint density at radius 3 is 2.30 bits per heavy atom. The number of thiol groups is 1. The molecule has 2 fully saturated rings. The molecular weight excluding hydrogens is 642 g/mol. The monoisotopic (exact) mass is 672 g/mol. The second-order valence-corrected chi connectivity index (χ2v) is 11.4. The molecule has 0 saturated carbocycles. The highest BCUT2D eigenvalue weighted by atomic mass is 32.7. The standard InChI is InChI=1S/C22H30N10O9P2S/c1-35-14-12(8(3-33)38-21(14)32-7-28-11-18(32)29-22(24)30-19(11)34)40-42-37-4-9-13(41-43-44)15(36-2)20(39-9)31-6-27-10-16(23)25-5-26-17(10)31/h5-9,12-15,20-21,33,42-44H,3-4H2,1-2H3,(H2,23,25,26)(H3,24,29,30,34). The molecule has 0 spiro atoms. The number of imidazole rings is 2. The summed E-state index contributed by atoms with van der Waals surface area (Å²) in [5, 5.41) is 10.1. The summed E-state index contributed by atoms with van der Waals surface area (Å²) in [5.41, 5.74) is 12.4. The van der Waals surface area contributed by atoms with Crippen LogP contribution in [0, 0.1) is 0 Å². The number of nitrogen functional groups attached to an aromatic ring is 2. The Labute approximate surface area is 257 Å². The number of H-pyrrole nitrogens is 1. The van der Waals surface area contributed by atoms with Gasteiger partial charge < -0.3 is 49.1 Å². The number of aliphatic hydroxyl groups is 1. The van der Waals surface area contributed by atoms with Gasteiger partial charge in [0.15, 0.2) is 44.1 Å². The number of nitrogens with zero attached hydrogens (tertiary/aromatic N) is 7. The lowest BCUT2D eigenvalue weighted by atomic mass is 10.1. The van der Waals surface area contributed by atoms with Crippen LogP contribution in [-0.4, -0.2) is 108 Å². The van der Waals surface area contributed by atoms with Gasteiger partial charge in [0.05, 0.1) is 33.9 Å². The molecule has 0 bridgehead atoms. The van der Waals surface area contributed by atoms with Gasteiger partial charge in [-0.3, -0.25) is 18.9 Å². The molecule has 2 saturated heterocycles. The highest BCUT2D eigenvalue weighted by Crippen LogP contribution is 2.41. The first-order valence-electron chi connectivity index (χ1n) is 13.1. The normalized spacial score (nSPS) is 29.5. The van der Waals surface area contributed by atoms with Crippen molar-refractivity contribution in [1.82, 2.24) is 39.0 Å². The van der Waals surface area contributed by atoms with E-state index in [1.807, 2.05) is 0 Å². The van der Waals surface area contributed by atoms with Crippen molar-refractivity contribution in [3.8, 4) is 0 Å². The van der Waals surface area contributed by atoms with Crippen molar-refractivity contribution in [1.29, 1.82) is 0 Å². The molecule has 10 atom stereocenters. The molecule has 4 aromatic heterocycles. The van der Waals surface area contributed by atoms with Crippen LogP contribution in [0.1, 0.15) is 12.5 Å². The Balaban J connectivity index is 1.14. The molecule has 19 nitrogen and oxygen atoms in total. The van der Waals surface area contributed by atoms with Crippen LogP contribution in [0.2, 0.25) is 0 Å². The summed E-state index contributed by atoms with van der Waals surface area (Å²) < 4.78 is 44.9. The molecule has 6 rings (SSSR count). The average molecular weight is 673 g/mol. The molecule has 6 N–H and O–H groups in total. The fourth-order valence-corrected chi connectivity index (χ4v) is 6.85. The van der Waals surface area contributed by atoms with E-state index in [0.717, 1.165) is 0 Å². The summed E-state index contributed by atoms with van der Waals surface area (Å²) in [6.07, 6.45) is -1.13. The average Bonchev–Trinajstić information content (AvgIpc) is 3.78. The minimum absolute atomic E-state index is 0.0675. The highest BCUT2D eigenvalue weighted by Gasteiger charge is 2.49. The van der Waals surface area contributed by atoms with E-state index >= 15 is 0 Å². The van der Waals surface area contributed by atoms with Crippen molar-refractivity contribution < 1.29 is 37.6 Å². The van der Waals surface area contributed by atoms with E-state index in [9.17, 15) is 9.90 Å². The second kappa shape index (κ2) is 13.4. The van der Waals surface area contributed by atoms with Crippen molar-refractivity contribution in [2.24, 2.45) is 0 Å². The van der Waals surface area contributed by atoms with Crippen molar-refractivity contribution >= 4 is 63.4 Å². The fourth-order valence-electron chi connectivity index (χ4n) is 5.38. The quantitative estimate of drug-likeness (QED) is 0.0735. The van der Waals surface area contributed by atoms with Crippen LogP contribution in [0.15, 0.2) is 23.8 Å². The van der Waals surface area contributed by atoms with E-state index in [4.69, 9.17) is 44.0 Å². The number of aromatic nitrogens is 8. The van der Waals surface area contributed by atoms with Gasteiger partial charge in [-0.05, 0) is 0 Å². The maximum absolute atomic E-state index is 12.3. The van der Waals surface area contributed by atoms with E-state index in [1.165, 1.54) is 24.3 Å². The molecule has 0 amide bonds. The van der Waals surface area contributed by atoms with Crippen LogP contribution in [0.25, 0.3) is 22.3 Å². The summed E-state index contributed by atoms with van der Waals surface area (Å²) in [7, 11) is 2.38. The Morgan fingerprint density at radius 1 is 0.955 bits per heavy atom. The zero-order valence-corrected chi connectivity index (χ0v) is 26.1. The maximum atomic E-state index is 12.3. The lowest BCUT2D eigenvalue weighted by Gasteiger charge is -2.24. The van der Waals surface area contributed by atoms with Crippen molar-refractivity contribution in [2.45, 2.75) is 49.1 Å². The minimum atomic E-state index is -0.830. The predicted octanol–water partition coefficient (Wildman–Crippen LogP) is -0.325. The summed E-state index contributed by atoms with van der Waals surface area (Å²) in [4.78, 5) is 35.6. The second-order valence-electron chi connectivity index (χ2n) is 9.72. The Morgan fingerprint density at radius 2 is 1.61 bits per heavy atom. The molecule has 2 aliphatic rings. The number of methoxy groups -OCH3 is 2. The van der Waals surface area contributed by atoms with Gasteiger partial charge in [0.2, 0.25) is 5.95 Å². The molecule has 22 heteroatoms. The number of hydrogen-bond acceptors (Lipinski definition) is 17. The Hall–Kier alpha value is -2.61. The molecule has 0 radical (unpaired) electrons. The van der Waals surface area contributed by atoms with Gasteiger partial charge in [0.25, 0.3) is 5.56 Å². The number of hydrogen-bond donors (Lipinski definition) is 5. The number of rotatable bonds is 12.